The van der Waals surface area contributed by atoms with Crippen LogP contribution < -0.4 is 0 Å². The smallest absolute Gasteiger partial charge is 0.255 e. The van der Waals surface area contributed by atoms with E-state index in [1.165, 1.54) is 6.26 Å². The first kappa shape index (κ1) is 20.3. The van der Waals surface area contributed by atoms with Gasteiger partial charge in [-0.05, 0) is 12.1 Å². The lowest BCUT2D eigenvalue weighted by atomic mass is 10.2. The van der Waals surface area contributed by atoms with Gasteiger partial charge >= 0.3 is 0 Å². The first-order chi connectivity index (χ1) is 12.9. The highest BCUT2D eigenvalue weighted by atomic mass is 32.2. The second kappa shape index (κ2) is 9.18. The molecule has 2 aromatic rings. The summed E-state index contributed by atoms with van der Waals surface area (Å²) in [4.78, 5) is 22.2. The lowest BCUT2D eigenvalue weighted by Gasteiger charge is -2.34. The van der Waals surface area contributed by atoms with Crippen molar-refractivity contribution in [1.29, 1.82) is 0 Å². The Morgan fingerprint density at radius 2 is 1.96 bits per heavy atom. The van der Waals surface area contributed by atoms with Crippen molar-refractivity contribution >= 4 is 38.8 Å². The first-order valence-corrected chi connectivity index (χ1v) is 12.7. The molecule has 27 heavy (non-hydrogen) atoms. The minimum absolute atomic E-state index is 0.0409. The molecule has 1 amide bonds. The molecule has 1 aliphatic rings. The van der Waals surface area contributed by atoms with Gasteiger partial charge in [0.25, 0.3) is 5.91 Å². The van der Waals surface area contributed by atoms with Gasteiger partial charge in [-0.15, -0.1) is 23.1 Å². The molecule has 0 atom stereocenters. The predicted molar refractivity (Wildman–Crippen MR) is 110 cm³/mol. The van der Waals surface area contributed by atoms with E-state index >= 15 is 0 Å². The number of piperazine rings is 1. The average Bonchev–Trinajstić information content (AvgIpc) is 3.18. The molecule has 1 aliphatic heterocycles. The predicted octanol–water partition coefficient (Wildman–Crippen LogP) is 2.24. The summed E-state index contributed by atoms with van der Waals surface area (Å²) in [5, 5.41) is 2.02. The number of aromatic nitrogens is 1. The highest BCUT2D eigenvalue weighted by Gasteiger charge is 2.24. The number of hydrogen-bond donors (Lipinski definition) is 0. The fraction of sp³-hybridized carbons (Fsp3) is 0.444. The Morgan fingerprint density at radius 3 is 2.63 bits per heavy atom. The normalized spacial score (nSPS) is 15.8. The molecular weight excluding hydrogens is 402 g/mol. The molecule has 0 radical (unpaired) electrons. The summed E-state index contributed by atoms with van der Waals surface area (Å²) in [5.74, 6) is 0.948. The maximum absolute atomic E-state index is 13.0. The lowest BCUT2D eigenvalue weighted by Crippen LogP contribution is -2.49. The van der Waals surface area contributed by atoms with Gasteiger partial charge in [-0.1, -0.05) is 12.1 Å². The number of hydrogen-bond acceptors (Lipinski definition) is 7. The largest absolute Gasteiger partial charge is 0.336 e. The number of carbonyl (C=O) groups excluding carboxylic acids is 1. The molecule has 0 N–H and O–H groups in total. The van der Waals surface area contributed by atoms with E-state index in [2.05, 4.69) is 9.88 Å². The monoisotopic (exact) mass is 425 g/mol. The zero-order chi connectivity index (χ0) is 19.3. The van der Waals surface area contributed by atoms with Crippen LogP contribution in [0, 0.1) is 0 Å². The Bertz CT molecular complexity index is 861. The molecule has 146 valence electrons. The van der Waals surface area contributed by atoms with Gasteiger partial charge in [0, 0.05) is 55.0 Å². The Balaban J connectivity index is 1.58. The lowest BCUT2D eigenvalue weighted by molar-refractivity contribution is 0.0640. The molecule has 0 saturated carbocycles. The van der Waals surface area contributed by atoms with Crippen molar-refractivity contribution in [2.45, 2.75) is 10.6 Å². The van der Waals surface area contributed by atoms with Gasteiger partial charge in [0.2, 0.25) is 0 Å². The summed E-state index contributed by atoms with van der Waals surface area (Å²) >= 11 is 3.20. The van der Waals surface area contributed by atoms with Crippen LogP contribution in [0.2, 0.25) is 0 Å². The van der Waals surface area contributed by atoms with E-state index in [4.69, 9.17) is 0 Å². The number of thioether (sulfide) groups is 1. The van der Waals surface area contributed by atoms with Crippen molar-refractivity contribution in [2.75, 3.05) is 44.7 Å². The fourth-order valence-corrected chi connectivity index (χ4v) is 5.07. The van der Waals surface area contributed by atoms with Crippen molar-refractivity contribution in [3.8, 4) is 0 Å². The topological polar surface area (TPSA) is 70.6 Å². The highest BCUT2D eigenvalue weighted by molar-refractivity contribution is 7.98. The molecule has 1 fully saturated rings. The molecule has 0 bridgehead atoms. The Morgan fingerprint density at radius 1 is 1.22 bits per heavy atom. The van der Waals surface area contributed by atoms with Crippen LogP contribution >= 0.6 is 23.1 Å². The standard InChI is InChI=1S/C18H23N3O3S3/c1-27(23,24)11-10-20-6-8-21(9-7-20)18(22)16-4-2-3-5-17(16)26-13-15-12-25-14-19-15/h2-5,12,14H,6-11,13H2,1H3. The zero-order valence-corrected chi connectivity index (χ0v) is 17.7. The molecule has 1 saturated heterocycles. The highest BCUT2D eigenvalue weighted by Crippen LogP contribution is 2.27. The van der Waals surface area contributed by atoms with E-state index in [-0.39, 0.29) is 11.7 Å². The molecule has 0 aliphatic carbocycles. The van der Waals surface area contributed by atoms with E-state index in [0.717, 1.165) is 21.9 Å². The Hall–Kier alpha value is -1.42. The van der Waals surface area contributed by atoms with E-state index in [9.17, 15) is 13.2 Å². The number of benzene rings is 1. The van der Waals surface area contributed by atoms with Crippen LogP contribution in [0.4, 0.5) is 0 Å². The summed E-state index contributed by atoms with van der Waals surface area (Å²) in [6.45, 7) is 3.17. The van der Waals surface area contributed by atoms with Gasteiger partial charge < -0.3 is 4.90 Å². The average molecular weight is 426 g/mol. The minimum Gasteiger partial charge on any atom is -0.336 e. The molecular formula is C18H23N3O3S3. The van der Waals surface area contributed by atoms with Crippen LogP contribution in [0.25, 0.3) is 0 Å². The van der Waals surface area contributed by atoms with Gasteiger partial charge in [0.15, 0.2) is 0 Å². The summed E-state index contributed by atoms with van der Waals surface area (Å²) in [7, 11) is -2.96. The van der Waals surface area contributed by atoms with Crippen LogP contribution in [0.5, 0.6) is 0 Å². The van der Waals surface area contributed by atoms with Crippen LogP contribution in [0.1, 0.15) is 16.1 Å². The molecule has 6 nitrogen and oxygen atoms in total. The SMILES string of the molecule is CS(=O)(=O)CCN1CCN(C(=O)c2ccccc2SCc2cscn2)CC1. The number of amides is 1. The molecule has 0 unspecified atom stereocenters. The second-order valence-electron chi connectivity index (χ2n) is 6.53. The zero-order valence-electron chi connectivity index (χ0n) is 15.2. The summed E-state index contributed by atoms with van der Waals surface area (Å²) in [5.41, 5.74) is 3.56. The number of sulfone groups is 1. The molecule has 3 rings (SSSR count). The summed E-state index contributed by atoms with van der Waals surface area (Å²) in [6.07, 6.45) is 1.26. The number of carbonyl (C=O) groups is 1. The number of rotatable bonds is 7. The van der Waals surface area contributed by atoms with E-state index in [0.29, 0.717) is 32.7 Å². The van der Waals surface area contributed by atoms with Crippen molar-refractivity contribution in [3.63, 3.8) is 0 Å². The van der Waals surface area contributed by atoms with E-state index < -0.39 is 9.84 Å². The number of thiazole rings is 1. The fourth-order valence-electron chi connectivity index (χ4n) is 2.87. The van der Waals surface area contributed by atoms with Crippen LogP contribution in [-0.2, 0) is 15.6 Å². The molecule has 2 heterocycles. The van der Waals surface area contributed by atoms with Crippen molar-refractivity contribution in [2.24, 2.45) is 0 Å². The van der Waals surface area contributed by atoms with Gasteiger partial charge in [-0.3, -0.25) is 9.69 Å². The van der Waals surface area contributed by atoms with E-state index in [1.807, 2.05) is 40.1 Å². The third-order valence-electron chi connectivity index (χ3n) is 4.41. The van der Waals surface area contributed by atoms with Crippen molar-refractivity contribution < 1.29 is 13.2 Å². The Kier molecular flexibility index (Phi) is 6.91. The van der Waals surface area contributed by atoms with Crippen molar-refractivity contribution in [3.05, 3.63) is 46.4 Å². The van der Waals surface area contributed by atoms with Gasteiger partial charge in [-0.25, -0.2) is 13.4 Å². The first-order valence-electron chi connectivity index (χ1n) is 8.70. The third kappa shape index (κ3) is 6.03. The maximum atomic E-state index is 13.0. The van der Waals surface area contributed by atoms with Gasteiger partial charge in [0.1, 0.15) is 9.84 Å². The molecule has 1 aromatic heterocycles. The van der Waals surface area contributed by atoms with Crippen LogP contribution in [0.15, 0.2) is 40.1 Å². The van der Waals surface area contributed by atoms with Gasteiger partial charge in [0.05, 0.1) is 22.5 Å². The third-order valence-corrected chi connectivity index (χ3v) is 7.08. The van der Waals surface area contributed by atoms with Crippen LogP contribution in [-0.4, -0.2) is 73.8 Å². The molecule has 0 spiro atoms. The van der Waals surface area contributed by atoms with Crippen LogP contribution in [0.3, 0.4) is 0 Å². The van der Waals surface area contributed by atoms with E-state index in [1.54, 1.807) is 23.1 Å². The Labute approximate surface area is 168 Å². The second-order valence-corrected chi connectivity index (χ2v) is 10.5. The van der Waals surface area contributed by atoms with Gasteiger partial charge in [-0.2, -0.15) is 0 Å². The maximum Gasteiger partial charge on any atom is 0.255 e. The minimum atomic E-state index is -2.96. The summed E-state index contributed by atoms with van der Waals surface area (Å²) < 4.78 is 22.6. The quantitative estimate of drug-likeness (QED) is 0.634. The molecule has 9 heteroatoms. The molecule has 1 aromatic carbocycles. The summed E-state index contributed by atoms with van der Waals surface area (Å²) in [6, 6.07) is 7.69. The van der Waals surface area contributed by atoms with Crippen molar-refractivity contribution in [1.82, 2.24) is 14.8 Å². The number of nitrogens with zero attached hydrogens (tertiary/aromatic N) is 3.